The van der Waals surface area contributed by atoms with Crippen LogP contribution in [0.1, 0.15) is 29.3 Å². The van der Waals surface area contributed by atoms with Gasteiger partial charge in [0.15, 0.2) is 0 Å². The molecule has 4 heteroatoms. The molecule has 2 N–H and O–H groups in total. The number of rotatable bonds is 5. The van der Waals surface area contributed by atoms with Crippen LogP contribution in [-0.4, -0.2) is 22.3 Å². The summed E-state index contributed by atoms with van der Waals surface area (Å²) in [5.41, 5.74) is 8.15. The molecular formula is C16H19N3O. The van der Waals surface area contributed by atoms with Gasteiger partial charge in [-0.15, -0.1) is 0 Å². The lowest BCUT2D eigenvalue weighted by Crippen LogP contribution is -2.31. The van der Waals surface area contributed by atoms with E-state index in [0.717, 1.165) is 12.0 Å². The minimum absolute atomic E-state index is 0.00220. The zero-order chi connectivity index (χ0) is 14.4. The van der Waals surface area contributed by atoms with E-state index in [1.54, 1.807) is 24.5 Å². The molecule has 20 heavy (non-hydrogen) atoms. The van der Waals surface area contributed by atoms with E-state index in [1.807, 2.05) is 29.2 Å². The molecule has 0 aliphatic rings. The summed E-state index contributed by atoms with van der Waals surface area (Å²) in [6, 6.07) is 11.2. The normalized spacial score (nSPS) is 10.2. The van der Waals surface area contributed by atoms with E-state index in [1.165, 1.54) is 0 Å². The highest BCUT2D eigenvalue weighted by molar-refractivity contribution is 5.93. The Hall–Kier alpha value is -2.36. The molecule has 4 nitrogen and oxygen atoms in total. The maximum atomic E-state index is 12.5. The highest BCUT2D eigenvalue weighted by Crippen LogP contribution is 2.12. The first-order valence-corrected chi connectivity index (χ1v) is 6.74. The zero-order valence-corrected chi connectivity index (χ0v) is 11.6. The van der Waals surface area contributed by atoms with Gasteiger partial charge in [0, 0.05) is 31.2 Å². The summed E-state index contributed by atoms with van der Waals surface area (Å²) in [6.45, 7) is 3.33. The number of carbonyl (C=O) groups excluding carboxylic acids is 1. The third-order valence-electron chi connectivity index (χ3n) is 3.01. The SMILES string of the molecule is CCCN(Cc1cccc(N)c1)C(=O)c1cccnc1. The van der Waals surface area contributed by atoms with E-state index < -0.39 is 0 Å². The molecule has 1 aromatic heterocycles. The lowest BCUT2D eigenvalue weighted by Gasteiger charge is -2.22. The molecule has 0 aliphatic heterocycles. The summed E-state index contributed by atoms with van der Waals surface area (Å²) < 4.78 is 0. The van der Waals surface area contributed by atoms with Crippen LogP contribution in [0.15, 0.2) is 48.8 Å². The van der Waals surface area contributed by atoms with Crippen LogP contribution in [0.25, 0.3) is 0 Å². The second kappa shape index (κ2) is 6.70. The van der Waals surface area contributed by atoms with Crippen molar-refractivity contribution in [3.8, 4) is 0 Å². The van der Waals surface area contributed by atoms with Gasteiger partial charge in [-0.05, 0) is 36.2 Å². The maximum Gasteiger partial charge on any atom is 0.255 e. The number of anilines is 1. The number of hydrogen-bond acceptors (Lipinski definition) is 3. The first kappa shape index (κ1) is 14.1. The van der Waals surface area contributed by atoms with Gasteiger partial charge in [0.25, 0.3) is 5.91 Å². The van der Waals surface area contributed by atoms with E-state index in [2.05, 4.69) is 11.9 Å². The third kappa shape index (κ3) is 3.57. The standard InChI is InChI=1S/C16H19N3O/c1-2-9-19(12-13-5-3-7-15(17)10-13)16(20)14-6-4-8-18-11-14/h3-8,10-11H,2,9,12,17H2,1H3. The van der Waals surface area contributed by atoms with Crippen molar-refractivity contribution < 1.29 is 4.79 Å². The van der Waals surface area contributed by atoms with Crippen molar-refractivity contribution in [2.24, 2.45) is 0 Å². The third-order valence-corrected chi connectivity index (χ3v) is 3.01. The molecule has 1 aromatic carbocycles. The van der Waals surface area contributed by atoms with Crippen LogP contribution in [-0.2, 0) is 6.54 Å². The maximum absolute atomic E-state index is 12.5. The highest BCUT2D eigenvalue weighted by Gasteiger charge is 2.15. The summed E-state index contributed by atoms with van der Waals surface area (Å²) >= 11 is 0. The number of carbonyl (C=O) groups is 1. The van der Waals surface area contributed by atoms with E-state index in [-0.39, 0.29) is 5.91 Å². The van der Waals surface area contributed by atoms with Crippen LogP contribution < -0.4 is 5.73 Å². The number of hydrogen-bond donors (Lipinski definition) is 1. The fourth-order valence-corrected chi connectivity index (χ4v) is 2.11. The monoisotopic (exact) mass is 269 g/mol. The van der Waals surface area contributed by atoms with E-state index in [9.17, 15) is 4.79 Å². The summed E-state index contributed by atoms with van der Waals surface area (Å²) in [6.07, 6.45) is 4.18. The predicted molar refractivity (Wildman–Crippen MR) is 80.1 cm³/mol. The lowest BCUT2D eigenvalue weighted by molar-refractivity contribution is 0.0743. The summed E-state index contributed by atoms with van der Waals surface area (Å²) in [5.74, 6) is 0.00220. The van der Waals surface area contributed by atoms with Gasteiger partial charge in [-0.2, -0.15) is 0 Å². The second-order valence-electron chi connectivity index (χ2n) is 4.71. The summed E-state index contributed by atoms with van der Waals surface area (Å²) in [5, 5.41) is 0. The number of aromatic nitrogens is 1. The molecule has 0 saturated carbocycles. The van der Waals surface area contributed by atoms with Crippen LogP contribution in [0.4, 0.5) is 5.69 Å². The van der Waals surface area contributed by atoms with Crippen LogP contribution >= 0.6 is 0 Å². The van der Waals surface area contributed by atoms with Crippen LogP contribution in [0, 0.1) is 0 Å². The molecule has 1 heterocycles. The molecule has 0 fully saturated rings. The Morgan fingerprint density at radius 2 is 2.15 bits per heavy atom. The molecule has 0 bridgehead atoms. The molecular weight excluding hydrogens is 250 g/mol. The summed E-state index contributed by atoms with van der Waals surface area (Å²) in [7, 11) is 0. The number of amides is 1. The van der Waals surface area contributed by atoms with Crippen molar-refractivity contribution in [1.29, 1.82) is 0 Å². The Morgan fingerprint density at radius 3 is 2.80 bits per heavy atom. The molecule has 0 spiro atoms. The second-order valence-corrected chi connectivity index (χ2v) is 4.71. The minimum atomic E-state index is 0.00220. The van der Waals surface area contributed by atoms with Crippen molar-refractivity contribution in [3.05, 3.63) is 59.9 Å². The number of benzene rings is 1. The average Bonchev–Trinajstić information content (AvgIpc) is 2.47. The molecule has 1 amide bonds. The Morgan fingerprint density at radius 1 is 1.30 bits per heavy atom. The molecule has 0 radical (unpaired) electrons. The molecule has 0 aliphatic carbocycles. The molecule has 2 aromatic rings. The Labute approximate surface area is 119 Å². The lowest BCUT2D eigenvalue weighted by atomic mass is 10.1. The van der Waals surface area contributed by atoms with Crippen molar-refractivity contribution in [2.45, 2.75) is 19.9 Å². The van der Waals surface area contributed by atoms with Crippen LogP contribution in [0.2, 0.25) is 0 Å². The van der Waals surface area contributed by atoms with E-state index in [0.29, 0.717) is 24.3 Å². The van der Waals surface area contributed by atoms with Gasteiger partial charge in [0.1, 0.15) is 0 Å². The van der Waals surface area contributed by atoms with E-state index >= 15 is 0 Å². The number of nitrogens with zero attached hydrogens (tertiary/aromatic N) is 2. The highest BCUT2D eigenvalue weighted by atomic mass is 16.2. The topological polar surface area (TPSA) is 59.2 Å². The van der Waals surface area contributed by atoms with Crippen molar-refractivity contribution in [3.63, 3.8) is 0 Å². The van der Waals surface area contributed by atoms with Gasteiger partial charge in [-0.25, -0.2) is 0 Å². The van der Waals surface area contributed by atoms with Crippen molar-refractivity contribution in [1.82, 2.24) is 9.88 Å². The van der Waals surface area contributed by atoms with Gasteiger partial charge in [-0.3, -0.25) is 9.78 Å². The Kier molecular flexibility index (Phi) is 4.71. The Balaban J connectivity index is 2.17. The van der Waals surface area contributed by atoms with Gasteiger partial charge < -0.3 is 10.6 Å². The van der Waals surface area contributed by atoms with E-state index in [4.69, 9.17) is 5.73 Å². The first-order valence-electron chi connectivity index (χ1n) is 6.74. The van der Waals surface area contributed by atoms with Gasteiger partial charge in [0.05, 0.1) is 5.56 Å². The number of nitrogens with two attached hydrogens (primary N) is 1. The molecule has 0 unspecified atom stereocenters. The number of pyridine rings is 1. The van der Waals surface area contributed by atoms with Crippen LogP contribution in [0.5, 0.6) is 0 Å². The van der Waals surface area contributed by atoms with Crippen molar-refractivity contribution >= 4 is 11.6 Å². The molecule has 0 saturated heterocycles. The van der Waals surface area contributed by atoms with Gasteiger partial charge in [0.2, 0.25) is 0 Å². The number of nitrogen functional groups attached to an aromatic ring is 1. The quantitative estimate of drug-likeness (QED) is 0.849. The van der Waals surface area contributed by atoms with Crippen LogP contribution in [0.3, 0.4) is 0 Å². The Bertz CT molecular complexity index is 569. The van der Waals surface area contributed by atoms with Gasteiger partial charge in [-0.1, -0.05) is 19.1 Å². The largest absolute Gasteiger partial charge is 0.399 e. The first-order chi connectivity index (χ1) is 9.70. The minimum Gasteiger partial charge on any atom is -0.399 e. The fraction of sp³-hybridized carbons (Fsp3) is 0.250. The van der Waals surface area contributed by atoms with Crippen molar-refractivity contribution in [2.75, 3.05) is 12.3 Å². The average molecular weight is 269 g/mol. The summed E-state index contributed by atoms with van der Waals surface area (Å²) in [4.78, 5) is 18.3. The predicted octanol–water partition coefficient (Wildman–Crippen LogP) is 2.72. The van der Waals surface area contributed by atoms with Gasteiger partial charge >= 0.3 is 0 Å². The smallest absolute Gasteiger partial charge is 0.255 e. The molecule has 2 rings (SSSR count). The zero-order valence-electron chi connectivity index (χ0n) is 11.6. The fourth-order valence-electron chi connectivity index (χ4n) is 2.11. The molecule has 104 valence electrons. The molecule has 0 atom stereocenters.